The smallest absolute Gasteiger partial charge is 0.161 e. The number of aliphatic hydroxyl groups excluding tert-OH is 1. The molecule has 3 rings (SSSR count). The third-order valence-corrected chi connectivity index (χ3v) is 4.00. The van der Waals surface area contributed by atoms with Gasteiger partial charge in [-0.25, -0.2) is 0 Å². The Bertz CT molecular complexity index is 497. The zero-order valence-electron chi connectivity index (χ0n) is 13.0. The van der Waals surface area contributed by atoms with Crippen molar-refractivity contribution in [2.24, 2.45) is 0 Å². The summed E-state index contributed by atoms with van der Waals surface area (Å²) in [5, 5.41) is 13.6. The molecule has 0 aromatic heterocycles. The Kier molecular flexibility index (Phi) is 5.15. The van der Waals surface area contributed by atoms with E-state index >= 15 is 0 Å². The fraction of sp³-hybridized carbons (Fsp3) is 0.625. The minimum Gasteiger partial charge on any atom is -0.486 e. The van der Waals surface area contributed by atoms with Crippen molar-refractivity contribution in [3.8, 4) is 11.5 Å². The van der Waals surface area contributed by atoms with Crippen LogP contribution in [-0.4, -0.2) is 69.2 Å². The van der Waals surface area contributed by atoms with Gasteiger partial charge >= 0.3 is 0 Å². The third kappa shape index (κ3) is 3.89. The van der Waals surface area contributed by atoms with E-state index in [0.717, 1.165) is 37.6 Å². The summed E-state index contributed by atoms with van der Waals surface area (Å²) in [4.78, 5) is 2.26. The van der Waals surface area contributed by atoms with Crippen LogP contribution in [0.25, 0.3) is 0 Å². The number of likely N-dealkylation sites (N-methyl/N-ethyl adjacent to an activating group) is 1. The Labute approximate surface area is 131 Å². The molecule has 2 heterocycles. The molecule has 1 aromatic carbocycles. The minimum atomic E-state index is -0.572. The largest absolute Gasteiger partial charge is 0.486 e. The summed E-state index contributed by atoms with van der Waals surface area (Å²) in [5.74, 6) is 1.45. The highest BCUT2D eigenvalue weighted by Crippen LogP contribution is 2.32. The van der Waals surface area contributed by atoms with Crippen LogP contribution in [0.2, 0.25) is 0 Å². The summed E-state index contributed by atoms with van der Waals surface area (Å²) in [5.41, 5.74) is 0.832. The normalized spacial score (nSPS) is 23.3. The lowest BCUT2D eigenvalue weighted by Crippen LogP contribution is -2.45. The molecule has 2 atom stereocenters. The molecular formula is C16H24N2O4. The number of fused-ring (bicyclic) bond motifs is 1. The number of hydrogen-bond donors (Lipinski definition) is 2. The van der Waals surface area contributed by atoms with Gasteiger partial charge in [0.05, 0.1) is 18.8 Å². The standard InChI is InChI=1S/C16H24N2O4/c1-18-4-5-20-13(11-18)9-17-10-14(19)12-2-3-15-16(8-12)22-7-6-21-15/h2-3,8,13-14,17,19H,4-7,9-11H2,1H3/t13-,14+/m0/s1. The lowest BCUT2D eigenvalue weighted by Gasteiger charge is -2.30. The molecular weight excluding hydrogens is 284 g/mol. The quantitative estimate of drug-likeness (QED) is 0.822. The molecule has 6 heteroatoms. The van der Waals surface area contributed by atoms with Gasteiger partial charge in [-0.2, -0.15) is 0 Å². The number of morpholine rings is 1. The summed E-state index contributed by atoms with van der Waals surface area (Å²) in [6, 6.07) is 5.59. The first kappa shape index (κ1) is 15.6. The summed E-state index contributed by atoms with van der Waals surface area (Å²) in [7, 11) is 2.10. The molecule has 1 aromatic rings. The Hall–Kier alpha value is -1.34. The van der Waals surface area contributed by atoms with Gasteiger partial charge in [0.1, 0.15) is 13.2 Å². The van der Waals surface area contributed by atoms with Crippen molar-refractivity contribution in [1.82, 2.24) is 10.2 Å². The van der Waals surface area contributed by atoms with Crippen LogP contribution >= 0.6 is 0 Å². The first-order chi connectivity index (χ1) is 10.7. The molecule has 2 N–H and O–H groups in total. The van der Waals surface area contributed by atoms with E-state index in [1.807, 2.05) is 18.2 Å². The second-order valence-corrected chi connectivity index (χ2v) is 5.83. The van der Waals surface area contributed by atoms with E-state index in [4.69, 9.17) is 14.2 Å². The van der Waals surface area contributed by atoms with Crippen LogP contribution in [0.4, 0.5) is 0 Å². The molecule has 2 aliphatic heterocycles. The van der Waals surface area contributed by atoms with E-state index in [-0.39, 0.29) is 6.10 Å². The van der Waals surface area contributed by atoms with E-state index in [2.05, 4.69) is 17.3 Å². The Morgan fingerprint density at radius 3 is 2.91 bits per heavy atom. The monoisotopic (exact) mass is 308 g/mol. The van der Waals surface area contributed by atoms with Crippen molar-refractivity contribution in [3.63, 3.8) is 0 Å². The molecule has 1 saturated heterocycles. The third-order valence-electron chi connectivity index (χ3n) is 4.00. The van der Waals surface area contributed by atoms with Gasteiger partial charge in [0.15, 0.2) is 11.5 Å². The van der Waals surface area contributed by atoms with Crippen molar-refractivity contribution in [3.05, 3.63) is 23.8 Å². The molecule has 0 amide bonds. The fourth-order valence-electron chi connectivity index (χ4n) is 2.76. The summed E-state index contributed by atoms with van der Waals surface area (Å²) >= 11 is 0. The summed E-state index contributed by atoms with van der Waals surface area (Å²) < 4.78 is 16.7. The van der Waals surface area contributed by atoms with E-state index in [1.165, 1.54) is 0 Å². The minimum absolute atomic E-state index is 0.186. The Balaban J connectivity index is 1.48. The predicted octanol–water partition coefficient (Wildman–Crippen LogP) is 0.411. The Morgan fingerprint density at radius 1 is 1.27 bits per heavy atom. The average Bonchev–Trinajstić information content (AvgIpc) is 2.54. The predicted molar refractivity (Wildman–Crippen MR) is 82.5 cm³/mol. The zero-order chi connectivity index (χ0) is 15.4. The van der Waals surface area contributed by atoms with Crippen molar-refractivity contribution < 1.29 is 19.3 Å². The SMILES string of the molecule is CN1CCO[C@@H](CNC[C@@H](O)c2ccc3c(c2)OCCO3)C1. The van der Waals surface area contributed by atoms with Gasteiger partial charge in [-0.3, -0.25) is 0 Å². The van der Waals surface area contributed by atoms with E-state index < -0.39 is 6.10 Å². The highest BCUT2D eigenvalue weighted by molar-refractivity contribution is 5.44. The van der Waals surface area contributed by atoms with Crippen LogP contribution in [0.15, 0.2) is 18.2 Å². The molecule has 6 nitrogen and oxygen atoms in total. The number of hydrogen-bond acceptors (Lipinski definition) is 6. The highest BCUT2D eigenvalue weighted by Gasteiger charge is 2.19. The maximum absolute atomic E-state index is 10.3. The van der Waals surface area contributed by atoms with Crippen molar-refractivity contribution >= 4 is 0 Å². The lowest BCUT2D eigenvalue weighted by atomic mass is 10.1. The van der Waals surface area contributed by atoms with Crippen LogP contribution in [0.5, 0.6) is 11.5 Å². The Morgan fingerprint density at radius 2 is 2.09 bits per heavy atom. The molecule has 0 aliphatic carbocycles. The van der Waals surface area contributed by atoms with Crippen molar-refractivity contribution in [1.29, 1.82) is 0 Å². The molecule has 2 aliphatic rings. The fourth-order valence-corrected chi connectivity index (χ4v) is 2.76. The van der Waals surface area contributed by atoms with Crippen molar-refractivity contribution in [2.75, 3.05) is 53.0 Å². The first-order valence-electron chi connectivity index (χ1n) is 7.81. The van der Waals surface area contributed by atoms with Gasteiger partial charge < -0.3 is 29.5 Å². The van der Waals surface area contributed by atoms with Gasteiger partial charge in [-0.1, -0.05) is 6.07 Å². The van der Waals surface area contributed by atoms with E-state index in [0.29, 0.717) is 25.5 Å². The van der Waals surface area contributed by atoms with Crippen LogP contribution in [0.3, 0.4) is 0 Å². The van der Waals surface area contributed by atoms with E-state index in [1.54, 1.807) is 0 Å². The van der Waals surface area contributed by atoms with Gasteiger partial charge in [0.2, 0.25) is 0 Å². The van der Waals surface area contributed by atoms with E-state index in [9.17, 15) is 5.11 Å². The molecule has 22 heavy (non-hydrogen) atoms. The molecule has 0 saturated carbocycles. The molecule has 0 spiro atoms. The number of aliphatic hydroxyl groups is 1. The van der Waals surface area contributed by atoms with Crippen LogP contribution in [0, 0.1) is 0 Å². The molecule has 1 fully saturated rings. The molecule has 122 valence electrons. The number of nitrogens with zero attached hydrogens (tertiary/aromatic N) is 1. The first-order valence-corrected chi connectivity index (χ1v) is 7.81. The maximum Gasteiger partial charge on any atom is 0.161 e. The molecule has 0 unspecified atom stereocenters. The second-order valence-electron chi connectivity index (χ2n) is 5.83. The zero-order valence-corrected chi connectivity index (χ0v) is 13.0. The van der Waals surface area contributed by atoms with Gasteiger partial charge in [-0.05, 0) is 24.7 Å². The highest BCUT2D eigenvalue weighted by atomic mass is 16.6. The maximum atomic E-state index is 10.3. The number of rotatable bonds is 5. The second kappa shape index (κ2) is 7.28. The van der Waals surface area contributed by atoms with Crippen LogP contribution in [0.1, 0.15) is 11.7 Å². The summed E-state index contributed by atoms with van der Waals surface area (Å²) in [6.07, 6.45) is -0.386. The topological polar surface area (TPSA) is 63.2 Å². The lowest BCUT2D eigenvalue weighted by molar-refractivity contribution is -0.0191. The van der Waals surface area contributed by atoms with Gasteiger partial charge in [0.25, 0.3) is 0 Å². The average molecular weight is 308 g/mol. The molecule has 0 bridgehead atoms. The van der Waals surface area contributed by atoms with Crippen LogP contribution < -0.4 is 14.8 Å². The molecule has 0 radical (unpaired) electrons. The number of nitrogens with one attached hydrogen (secondary N) is 1. The van der Waals surface area contributed by atoms with Gasteiger partial charge in [-0.15, -0.1) is 0 Å². The van der Waals surface area contributed by atoms with Gasteiger partial charge in [0, 0.05) is 26.2 Å². The number of benzene rings is 1. The summed E-state index contributed by atoms with van der Waals surface area (Å²) in [6.45, 7) is 5.04. The van der Waals surface area contributed by atoms with Crippen LogP contribution in [-0.2, 0) is 4.74 Å². The number of ether oxygens (including phenoxy) is 3. The van der Waals surface area contributed by atoms with Crippen molar-refractivity contribution in [2.45, 2.75) is 12.2 Å².